The Morgan fingerprint density at radius 2 is 2.23 bits per heavy atom. The summed E-state index contributed by atoms with van der Waals surface area (Å²) in [5.41, 5.74) is 0.205. The molecule has 0 bridgehead atoms. The molecule has 0 spiro atoms. The first-order chi connectivity index (χ1) is 6.03. The lowest BCUT2D eigenvalue weighted by Crippen LogP contribution is -2.52. The van der Waals surface area contributed by atoms with Crippen LogP contribution >= 0.6 is 0 Å². The molecular formula is C10H22N2O. The molecule has 0 aromatic heterocycles. The predicted octanol–water partition coefficient (Wildman–Crippen LogP) is 0.705. The van der Waals surface area contributed by atoms with E-state index in [2.05, 4.69) is 31.0 Å². The van der Waals surface area contributed by atoms with Crippen LogP contribution in [0.3, 0.4) is 0 Å². The molecule has 1 unspecified atom stereocenters. The van der Waals surface area contributed by atoms with Crippen LogP contribution in [0.15, 0.2) is 0 Å². The lowest BCUT2D eigenvalue weighted by molar-refractivity contribution is -0.0248. The van der Waals surface area contributed by atoms with E-state index in [-0.39, 0.29) is 5.54 Å². The lowest BCUT2D eigenvalue weighted by atomic mass is 10.0. The highest BCUT2D eigenvalue weighted by Gasteiger charge is 2.23. The summed E-state index contributed by atoms with van der Waals surface area (Å²) in [5, 5.41) is 3.32. The highest BCUT2D eigenvalue weighted by molar-refractivity contribution is 4.82. The Morgan fingerprint density at radius 1 is 1.54 bits per heavy atom. The quantitative estimate of drug-likeness (QED) is 0.702. The van der Waals surface area contributed by atoms with E-state index in [1.807, 2.05) is 7.05 Å². The molecule has 0 aromatic carbocycles. The highest BCUT2D eigenvalue weighted by atomic mass is 16.5. The number of nitrogens with one attached hydrogen (secondary N) is 1. The summed E-state index contributed by atoms with van der Waals surface area (Å²) < 4.78 is 5.49. The van der Waals surface area contributed by atoms with Crippen molar-refractivity contribution in [3.8, 4) is 0 Å². The SMILES string of the molecule is CNC(C)(C)CN1CCOC(C)C1. The third-order valence-corrected chi connectivity index (χ3v) is 2.62. The Bertz CT molecular complexity index is 159. The van der Waals surface area contributed by atoms with Crippen LogP contribution in [-0.4, -0.2) is 49.8 Å². The van der Waals surface area contributed by atoms with Crippen LogP contribution in [0.5, 0.6) is 0 Å². The van der Waals surface area contributed by atoms with Gasteiger partial charge in [0.05, 0.1) is 12.7 Å². The lowest BCUT2D eigenvalue weighted by Gasteiger charge is -2.36. The second kappa shape index (κ2) is 4.40. The van der Waals surface area contributed by atoms with Crippen molar-refractivity contribution in [1.29, 1.82) is 0 Å². The molecule has 0 aliphatic carbocycles. The summed E-state index contributed by atoms with van der Waals surface area (Å²) in [6.07, 6.45) is 0.390. The fourth-order valence-corrected chi connectivity index (χ4v) is 1.67. The maximum atomic E-state index is 5.49. The average Bonchev–Trinajstić information content (AvgIpc) is 2.03. The van der Waals surface area contributed by atoms with Gasteiger partial charge in [-0.15, -0.1) is 0 Å². The van der Waals surface area contributed by atoms with E-state index in [1.54, 1.807) is 0 Å². The van der Waals surface area contributed by atoms with Crippen molar-refractivity contribution in [3.63, 3.8) is 0 Å². The van der Waals surface area contributed by atoms with Gasteiger partial charge in [0.15, 0.2) is 0 Å². The van der Waals surface area contributed by atoms with Crippen LogP contribution < -0.4 is 5.32 Å². The molecule has 1 fully saturated rings. The topological polar surface area (TPSA) is 24.5 Å². The highest BCUT2D eigenvalue weighted by Crippen LogP contribution is 2.09. The van der Waals surface area contributed by atoms with Crippen LogP contribution in [0.4, 0.5) is 0 Å². The van der Waals surface area contributed by atoms with Gasteiger partial charge in [-0.05, 0) is 27.8 Å². The van der Waals surface area contributed by atoms with E-state index in [0.29, 0.717) is 6.10 Å². The van der Waals surface area contributed by atoms with E-state index in [4.69, 9.17) is 4.74 Å². The van der Waals surface area contributed by atoms with Gasteiger partial charge in [0.1, 0.15) is 0 Å². The van der Waals surface area contributed by atoms with E-state index in [0.717, 1.165) is 26.2 Å². The van der Waals surface area contributed by atoms with Gasteiger partial charge < -0.3 is 10.1 Å². The molecule has 1 heterocycles. The Balaban J connectivity index is 2.35. The van der Waals surface area contributed by atoms with E-state index < -0.39 is 0 Å². The Morgan fingerprint density at radius 3 is 2.77 bits per heavy atom. The molecule has 1 N–H and O–H groups in total. The number of nitrogens with zero attached hydrogens (tertiary/aromatic N) is 1. The number of likely N-dealkylation sites (N-methyl/N-ethyl adjacent to an activating group) is 1. The molecular weight excluding hydrogens is 164 g/mol. The number of hydrogen-bond acceptors (Lipinski definition) is 3. The van der Waals surface area contributed by atoms with Gasteiger partial charge in [-0.25, -0.2) is 0 Å². The fraction of sp³-hybridized carbons (Fsp3) is 1.00. The second-order valence-corrected chi connectivity index (χ2v) is 4.55. The molecule has 1 rings (SSSR count). The molecule has 0 amide bonds. The van der Waals surface area contributed by atoms with Crippen molar-refractivity contribution >= 4 is 0 Å². The van der Waals surface area contributed by atoms with Gasteiger partial charge in [0, 0.05) is 25.2 Å². The molecule has 1 aliphatic rings. The molecule has 1 atom stereocenters. The van der Waals surface area contributed by atoms with Crippen LogP contribution in [0, 0.1) is 0 Å². The number of morpholine rings is 1. The Kier molecular flexibility index (Phi) is 3.71. The molecule has 1 saturated heterocycles. The average molecular weight is 186 g/mol. The van der Waals surface area contributed by atoms with Gasteiger partial charge in [-0.2, -0.15) is 0 Å². The van der Waals surface area contributed by atoms with Gasteiger partial charge in [-0.1, -0.05) is 0 Å². The molecule has 0 aromatic rings. The van der Waals surface area contributed by atoms with Crippen molar-refractivity contribution in [2.24, 2.45) is 0 Å². The third kappa shape index (κ3) is 3.63. The van der Waals surface area contributed by atoms with Gasteiger partial charge >= 0.3 is 0 Å². The van der Waals surface area contributed by atoms with Crippen LogP contribution in [-0.2, 0) is 4.74 Å². The Labute approximate surface area is 81.4 Å². The molecule has 13 heavy (non-hydrogen) atoms. The first-order valence-electron chi connectivity index (χ1n) is 5.06. The minimum absolute atomic E-state index is 0.205. The Hall–Kier alpha value is -0.120. The van der Waals surface area contributed by atoms with Gasteiger partial charge in [-0.3, -0.25) is 4.90 Å². The van der Waals surface area contributed by atoms with Crippen LogP contribution in [0.25, 0.3) is 0 Å². The van der Waals surface area contributed by atoms with Crippen molar-refractivity contribution in [2.45, 2.75) is 32.4 Å². The normalized spacial score (nSPS) is 26.3. The number of ether oxygens (including phenoxy) is 1. The number of rotatable bonds is 3. The molecule has 0 radical (unpaired) electrons. The smallest absolute Gasteiger partial charge is 0.0674 e. The van der Waals surface area contributed by atoms with Crippen LogP contribution in [0.1, 0.15) is 20.8 Å². The van der Waals surface area contributed by atoms with E-state index in [9.17, 15) is 0 Å². The van der Waals surface area contributed by atoms with Crippen molar-refractivity contribution in [1.82, 2.24) is 10.2 Å². The molecule has 1 aliphatic heterocycles. The standard InChI is InChI=1S/C10H22N2O/c1-9-7-12(5-6-13-9)8-10(2,3)11-4/h9,11H,5-8H2,1-4H3. The summed E-state index contributed by atoms with van der Waals surface area (Å²) in [6.45, 7) is 10.7. The number of hydrogen-bond donors (Lipinski definition) is 1. The molecule has 78 valence electrons. The zero-order valence-corrected chi connectivity index (χ0v) is 9.26. The fourth-order valence-electron chi connectivity index (χ4n) is 1.67. The van der Waals surface area contributed by atoms with E-state index >= 15 is 0 Å². The third-order valence-electron chi connectivity index (χ3n) is 2.62. The van der Waals surface area contributed by atoms with E-state index in [1.165, 1.54) is 0 Å². The minimum Gasteiger partial charge on any atom is -0.376 e. The molecule has 3 heteroatoms. The first kappa shape index (κ1) is 11.0. The maximum absolute atomic E-state index is 5.49. The molecule has 0 saturated carbocycles. The molecule has 3 nitrogen and oxygen atoms in total. The summed E-state index contributed by atoms with van der Waals surface area (Å²) in [5.74, 6) is 0. The zero-order valence-electron chi connectivity index (χ0n) is 9.26. The van der Waals surface area contributed by atoms with Crippen LogP contribution in [0.2, 0.25) is 0 Å². The second-order valence-electron chi connectivity index (χ2n) is 4.55. The summed E-state index contributed by atoms with van der Waals surface area (Å²) in [7, 11) is 2.02. The van der Waals surface area contributed by atoms with Crippen molar-refractivity contribution in [3.05, 3.63) is 0 Å². The van der Waals surface area contributed by atoms with Crippen molar-refractivity contribution in [2.75, 3.05) is 33.3 Å². The largest absolute Gasteiger partial charge is 0.376 e. The van der Waals surface area contributed by atoms with Crippen molar-refractivity contribution < 1.29 is 4.74 Å². The predicted molar refractivity (Wildman–Crippen MR) is 55.0 cm³/mol. The summed E-state index contributed by atoms with van der Waals surface area (Å²) in [6, 6.07) is 0. The monoisotopic (exact) mass is 186 g/mol. The minimum atomic E-state index is 0.205. The maximum Gasteiger partial charge on any atom is 0.0674 e. The summed E-state index contributed by atoms with van der Waals surface area (Å²) in [4.78, 5) is 2.46. The van der Waals surface area contributed by atoms with Gasteiger partial charge in [0.2, 0.25) is 0 Å². The zero-order chi connectivity index (χ0) is 9.90. The van der Waals surface area contributed by atoms with Gasteiger partial charge in [0.25, 0.3) is 0 Å². The first-order valence-corrected chi connectivity index (χ1v) is 5.06. The summed E-state index contributed by atoms with van der Waals surface area (Å²) >= 11 is 0.